The van der Waals surface area contributed by atoms with E-state index >= 15 is 0 Å². The minimum atomic E-state index is -0.799. The number of halogens is 2. The SMILES string of the molecule is CCN1CCN(c2nc(-c3cnnc(C)c3)ns2)CC1.Fc1ccccc1F. The number of rotatable bonds is 3. The van der Waals surface area contributed by atoms with Crippen molar-refractivity contribution < 1.29 is 8.78 Å². The van der Waals surface area contributed by atoms with Crippen LogP contribution in [-0.4, -0.2) is 57.2 Å². The Balaban J connectivity index is 0.000000236. The first kappa shape index (κ1) is 20.2. The normalized spacial score (nSPS) is 14.5. The highest BCUT2D eigenvalue weighted by Crippen LogP contribution is 2.24. The maximum atomic E-state index is 11.9. The van der Waals surface area contributed by atoms with Crippen molar-refractivity contribution in [1.29, 1.82) is 0 Å². The molecule has 0 N–H and O–H groups in total. The molecular formula is C19H22F2N6S. The molecule has 1 aromatic carbocycles. The lowest BCUT2D eigenvalue weighted by atomic mass is 10.2. The Morgan fingerprint density at radius 2 is 1.75 bits per heavy atom. The zero-order valence-electron chi connectivity index (χ0n) is 15.8. The molecule has 0 bridgehead atoms. The summed E-state index contributed by atoms with van der Waals surface area (Å²) in [5, 5.41) is 8.92. The summed E-state index contributed by atoms with van der Waals surface area (Å²) in [6, 6.07) is 7.01. The van der Waals surface area contributed by atoms with E-state index in [0.29, 0.717) is 0 Å². The highest BCUT2D eigenvalue weighted by atomic mass is 32.1. The molecule has 6 nitrogen and oxygen atoms in total. The topological polar surface area (TPSA) is 58.0 Å². The van der Waals surface area contributed by atoms with Crippen molar-refractivity contribution in [2.75, 3.05) is 37.6 Å². The van der Waals surface area contributed by atoms with Gasteiger partial charge in [0.1, 0.15) is 0 Å². The van der Waals surface area contributed by atoms with Crippen LogP contribution in [0.3, 0.4) is 0 Å². The number of hydrogen-bond donors (Lipinski definition) is 0. The van der Waals surface area contributed by atoms with Crippen LogP contribution in [0.15, 0.2) is 36.5 Å². The summed E-state index contributed by atoms with van der Waals surface area (Å²) < 4.78 is 28.3. The number of likely N-dealkylation sites (N-methyl/N-ethyl adjacent to an activating group) is 1. The molecule has 1 aliphatic rings. The molecule has 0 aliphatic carbocycles. The van der Waals surface area contributed by atoms with Crippen LogP contribution in [-0.2, 0) is 0 Å². The molecule has 0 radical (unpaired) electrons. The average molecular weight is 404 g/mol. The fourth-order valence-corrected chi connectivity index (χ4v) is 3.49. The highest BCUT2D eigenvalue weighted by molar-refractivity contribution is 7.09. The second-order valence-corrected chi connectivity index (χ2v) is 7.05. The third-order valence-electron chi connectivity index (χ3n) is 4.36. The summed E-state index contributed by atoms with van der Waals surface area (Å²) >= 11 is 1.46. The molecular weight excluding hydrogens is 382 g/mol. The maximum absolute atomic E-state index is 11.9. The van der Waals surface area contributed by atoms with Crippen LogP contribution in [0.25, 0.3) is 11.4 Å². The fraction of sp³-hybridized carbons (Fsp3) is 0.368. The average Bonchev–Trinajstić information content (AvgIpc) is 3.21. The molecule has 148 valence electrons. The van der Waals surface area contributed by atoms with Gasteiger partial charge in [-0.2, -0.15) is 19.6 Å². The molecule has 9 heteroatoms. The van der Waals surface area contributed by atoms with Gasteiger partial charge in [0.05, 0.1) is 11.9 Å². The molecule has 3 heterocycles. The van der Waals surface area contributed by atoms with Crippen molar-refractivity contribution in [2.24, 2.45) is 0 Å². The minimum absolute atomic E-state index is 0.751. The monoisotopic (exact) mass is 404 g/mol. The van der Waals surface area contributed by atoms with Crippen molar-refractivity contribution in [1.82, 2.24) is 24.5 Å². The predicted octanol–water partition coefficient (Wildman–Crippen LogP) is 3.41. The number of piperazine rings is 1. The predicted molar refractivity (Wildman–Crippen MR) is 106 cm³/mol. The van der Waals surface area contributed by atoms with Gasteiger partial charge in [-0.1, -0.05) is 19.1 Å². The van der Waals surface area contributed by atoms with E-state index in [2.05, 4.69) is 36.3 Å². The zero-order valence-corrected chi connectivity index (χ0v) is 16.7. The van der Waals surface area contributed by atoms with Crippen LogP contribution < -0.4 is 4.90 Å². The minimum Gasteiger partial charge on any atom is -0.344 e. The molecule has 0 spiro atoms. The lowest BCUT2D eigenvalue weighted by molar-refractivity contribution is 0.271. The molecule has 0 atom stereocenters. The lowest BCUT2D eigenvalue weighted by Gasteiger charge is -2.33. The molecule has 0 saturated carbocycles. The van der Waals surface area contributed by atoms with Crippen LogP contribution in [0.4, 0.5) is 13.9 Å². The van der Waals surface area contributed by atoms with Gasteiger partial charge in [0, 0.05) is 43.3 Å². The van der Waals surface area contributed by atoms with Crippen LogP contribution in [0.1, 0.15) is 12.6 Å². The molecule has 0 amide bonds. The molecule has 0 unspecified atom stereocenters. The molecule has 1 fully saturated rings. The maximum Gasteiger partial charge on any atom is 0.205 e. The van der Waals surface area contributed by atoms with Gasteiger partial charge in [-0.05, 0) is 31.7 Å². The summed E-state index contributed by atoms with van der Waals surface area (Å²) in [6.45, 7) is 9.50. The zero-order chi connectivity index (χ0) is 19.9. The van der Waals surface area contributed by atoms with Gasteiger partial charge in [0.2, 0.25) is 5.13 Å². The van der Waals surface area contributed by atoms with E-state index in [-0.39, 0.29) is 0 Å². The van der Waals surface area contributed by atoms with Crippen LogP contribution in [0.5, 0.6) is 0 Å². The summed E-state index contributed by atoms with van der Waals surface area (Å²) in [5.74, 6) is -0.846. The van der Waals surface area contributed by atoms with Crippen LogP contribution >= 0.6 is 11.5 Å². The van der Waals surface area contributed by atoms with Crippen molar-refractivity contribution in [2.45, 2.75) is 13.8 Å². The Morgan fingerprint density at radius 3 is 2.32 bits per heavy atom. The second kappa shape index (κ2) is 9.61. The Kier molecular flexibility index (Phi) is 6.94. The lowest BCUT2D eigenvalue weighted by Crippen LogP contribution is -2.46. The number of anilines is 1. The third-order valence-corrected chi connectivity index (χ3v) is 5.14. The van der Waals surface area contributed by atoms with E-state index in [9.17, 15) is 8.78 Å². The van der Waals surface area contributed by atoms with E-state index in [1.54, 1.807) is 6.20 Å². The highest BCUT2D eigenvalue weighted by Gasteiger charge is 2.19. The fourth-order valence-electron chi connectivity index (χ4n) is 2.75. The first-order chi connectivity index (χ1) is 13.6. The molecule has 3 aromatic rings. The third kappa shape index (κ3) is 5.26. The molecule has 1 aliphatic heterocycles. The first-order valence-corrected chi connectivity index (χ1v) is 9.85. The van der Waals surface area contributed by atoms with Gasteiger partial charge in [-0.25, -0.2) is 8.78 Å². The van der Waals surface area contributed by atoms with Gasteiger partial charge in [-0.15, -0.1) is 0 Å². The quantitative estimate of drug-likeness (QED) is 0.667. The van der Waals surface area contributed by atoms with Gasteiger partial charge in [0.25, 0.3) is 0 Å². The standard InChI is InChI=1S/C13H18N6S.C6H4F2/c1-3-18-4-6-19(7-5-18)13-15-12(17-20-13)11-8-10(2)16-14-9-11;7-5-3-1-2-4-6(5)8/h8-9H,3-7H2,1-2H3;1-4H. The summed E-state index contributed by atoms with van der Waals surface area (Å²) in [6.07, 6.45) is 1.72. The Labute approximate surface area is 167 Å². The summed E-state index contributed by atoms with van der Waals surface area (Å²) in [7, 11) is 0. The Bertz CT molecular complexity index is 874. The Hall–Kier alpha value is -2.52. The number of aromatic nitrogens is 4. The van der Waals surface area contributed by atoms with Gasteiger partial charge >= 0.3 is 0 Å². The largest absolute Gasteiger partial charge is 0.344 e. The van der Waals surface area contributed by atoms with E-state index in [1.807, 2.05) is 13.0 Å². The molecule has 28 heavy (non-hydrogen) atoms. The number of aryl methyl sites for hydroxylation is 1. The molecule has 1 saturated heterocycles. The van der Waals surface area contributed by atoms with Crippen LogP contribution in [0.2, 0.25) is 0 Å². The van der Waals surface area contributed by atoms with Crippen molar-refractivity contribution >= 4 is 16.7 Å². The van der Waals surface area contributed by atoms with Gasteiger partial charge in [-0.3, -0.25) is 0 Å². The molecule has 4 rings (SSSR count). The number of hydrogen-bond acceptors (Lipinski definition) is 7. The van der Waals surface area contributed by atoms with E-state index in [1.165, 1.54) is 23.7 Å². The number of nitrogens with zero attached hydrogens (tertiary/aromatic N) is 6. The number of benzene rings is 1. The van der Waals surface area contributed by atoms with Crippen molar-refractivity contribution in [3.05, 3.63) is 53.9 Å². The summed E-state index contributed by atoms with van der Waals surface area (Å²) in [5.41, 5.74) is 1.82. The smallest absolute Gasteiger partial charge is 0.205 e. The van der Waals surface area contributed by atoms with Gasteiger partial charge in [0.15, 0.2) is 17.5 Å². The first-order valence-electron chi connectivity index (χ1n) is 9.07. The molecule has 2 aromatic heterocycles. The van der Waals surface area contributed by atoms with Gasteiger partial charge < -0.3 is 9.80 Å². The van der Waals surface area contributed by atoms with Crippen molar-refractivity contribution in [3.8, 4) is 11.4 Å². The van der Waals surface area contributed by atoms with E-state index < -0.39 is 11.6 Å². The van der Waals surface area contributed by atoms with E-state index in [4.69, 9.17) is 0 Å². The summed E-state index contributed by atoms with van der Waals surface area (Å²) in [4.78, 5) is 9.41. The van der Waals surface area contributed by atoms with Crippen LogP contribution in [0, 0.1) is 18.6 Å². The van der Waals surface area contributed by atoms with E-state index in [0.717, 1.165) is 67.1 Å². The Morgan fingerprint density at radius 1 is 1.07 bits per heavy atom. The second-order valence-electron chi connectivity index (χ2n) is 6.32. The van der Waals surface area contributed by atoms with Crippen molar-refractivity contribution in [3.63, 3.8) is 0 Å².